The second-order valence-electron chi connectivity index (χ2n) is 6.42. The number of carbonyl (C=O) groups is 1. The maximum atomic E-state index is 12.4. The zero-order valence-electron chi connectivity index (χ0n) is 14.4. The second kappa shape index (κ2) is 8.74. The molecule has 21 heavy (non-hydrogen) atoms. The molecule has 1 N–H and O–H groups in total. The predicted octanol–water partition coefficient (Wildman–Crippen LogP) is 3.15. The lowest BCUT2D eigenvalue weighted by Crippen LogP contribution is -2.55. The molecule has 0 amide bonds. The fourth-order valence-electron chi connectivity index (χ4n) is 3.21. The van der Waals surface area contributed by atoms with Crippen molar-refractivity contribution in [2.75, 3.05) is 19.8 Å². The van der Waals surface area contributed by atoms with Gasteiger partial charge in [0.15, 0.2) is 0 Å². The molecule has 1 aliphatic carbocycles. The van der Waals surface area contributed by atoms with Crippen LogP contribution in [0, 0.1) is 11.8 Å². The SMILES string of the molecule is CCNC1(C(=O)OCC)CCCC1CCOC(C)C(C)C. The summed E-state index contributed by atoms with van der Waals surface area (Å²) in [6, 6.07) is 0. The van der Waals surface area contributed by atoms with Gasteiger partial charge in [-0.25, -0.2) is 0 Å². The lowest BCUT2D eigenvalue weighted by Gasteiger charge is -2.34. The Morgan fingerprint density at radius 1 is 1.33 bits per heavy atom. The lowest BCUT2D eigenvalue weighted by atomic mass is 9.84. The van der Waals surface area contributed by atoms with Crippen LogP contribution < -0.4 is 5.32 Å². The van der Waals surface area contributed by atoms with Crippen LogP contribution in [0.5, 0.6) is 0 Å². The van der Waals surface area contributed by atoms with Crippen LogP contribution in [0.1, 0.15) is 60.3 Å². The van der Waals surface area contributed by atoms with Crippen molar-refractivity contribution in [3.05, 3.63) is 0 Å². The number of hydrogen-bond donors (Lipinski definition) is 1. The molecular formula is C17H33NO3. The Morgan fingerprint density at radius 3 is 2.62 bits per heavy atom. The number of nitrogens with one attached hydrogen (secondary N) is 1. The van der Waals surface area contributed by atoms with Crippen molar-refractivity contribution >= 4 is 5.97 Å². The van der Waals surface area contributed by atoms with Crippen LogP contribution in [-0.4, -0.2) is 37.4 Å². The van der Waals surface area contributed by atoms with E-state index in [9.17, 15) is 4.79 Å². The average molecular weight is 299 g/mol. The first-order valence-corrected chi connectivity index (χ1v) is 8.51. The van der Waals surface area contributed by atoms with Gasteiger partial charge < -0.3 is 14.8 Å². The number of hydrogen-bond acceptors (Lipinski definition) is 4. The molecule has 0 spiro atoms. The first kappa shape index (κ1) is 18.4. The number of likely N-dealkylation sites (N-methyl/N-ethyl adjacent to an activating group) is 1. The standard InChI is InChI=1S/C17H33NO3/c1-6-18-17(16(19)20-7-2)11-8-9-15(17)10-12-21-14(5)13(3)4/h13-15,18H,6-12H2,1-5H3. The minimum Gasteiger partial charge on any atom is -0.465 e. The van der Waals surface area contributed by atoms with E-state index in [4.69, 9.17) is 9.47 Å². The Hall–Kier alpha value is -0.610. The Morgan fingerprint density at radius 2 is 2.05 bits per heavy atom. The number of rotatable bonds is 9. The zero-order chi connectivity index (χ0) is 15.9. The Balaban J connectivity index is 2.63. The van der Waals surface area contributed by atoms with Gasteiger partial charge in [-0.1, -0.05) is 27.2 Å². The van der Waals surface area contributed by atoms with Crippen LogP contribution in [-0.2, 0) is 14.3 Å². The third-order valence-corrected chi connectivity index (χ3v) is 4.74. The van der Waals surface area contributed by atoms with Crippen LogP contribution >= 0.6 is 0 Å². The number of ether oxygens (including phenoxy) is 2. The molecule has 3 atom stereocenters. The first-order valence-electron chi connectivity index (χ1n) is 8.51. The van der Waals surface area contributed by atoms with Crippen LogP contribution in [0.3, 0.4) is 0 Å². The maximum Gasteiger partial charge on any atom is 0.326 e. The summed E-state index contributed by atoms with van der Waals surface area (Å²) < 4.78 is 11.2. The molecule has 0 aromatic rings. The van der Waals surface area contributed by atoms with Gasteiger partial charge in [-0.2, -0.15) is 0 Å². The molecule has 4 nitrogen and oxygen atoms in total. The highest BCUT2D eigenvalue weighted by atomic mass is 16.5. The van der Waals surface area contributed by atoms with Crippen molar-refractivity contribution in [2.24, 2.45) is 11.8 Å². The molecule has 1 saturated carbocycles. The minimum absolute atomic E-state index is 0.0775. The summed E-state index contributed by atoms with van der Waals surface area (Å²) in [5.74, 6) is 0.763. The molecule has 0 heterocycles. The van der Waals surface area contributed by atoms with Crippen LogP contribution in [0.4, 0.5) is 0 Å². The van der Waals surface area contributed by atoms with Crippen molar-refractivity contribution < 1.29 is 14.3 Å². The fourth-order valence-corrected chi connectivity index (χ4v) is 3.21. The Bertz CT molecular complexity index is 319. The quantitative estimate of drug-likeness (QED) is 0.664. The number of carbonyl (C=O) groups excluding carboxylic acids is 1. The highest BCUT2D eigenvalue weighted by Gasteiger charge is 2.49. The third kappa shape index (κ3) is 4.68. The zero-order valence-corrected chi connectivity index (χ0v) is 14.4. The van der Waals surface area contributed by atoms with Gasteiger partial charge in [-0.3, -0.25) is 4.79 Å². The molecule has 0 aromatic carbocycles. The molecule has 3 unspecified atom stereocenters. The summed E-state index contributed by atoms with van der Waals surface area (Å²) in [4.78, 5) is 12.4. The average Bonchev–Trinajstić information content (AvgIpc) is 2.83. The van der Waals surface area contributed by atoms with E-state index in [1.807, 2.05) is 13.8 Å². The van der Waals surface area contributed by atoms with E-state index < -0.39 is 5.54 Å². The summed E-state index contributed by atoms with van der Waals surface area (Å²) >= 11 is 0. The molecule has 124 valence electrons. The Labute approximate surface area is 130 Å². The maximum absolute atomic E-state index is 12.4. The summed E-state index contributed by atoms with van der Waals surface area (Å²) in [5.41, 5.74) is -0.491. The van der Waals surface area contributed by atoms with Crippen molar-refractivity contribution in [3.63, 3.8) is 0 Å². The van der Waals surface area contributed by atoms with Crippen molar-refractivity contribution in [1.82, 2.24) is 5.32 Å². The molecule has 0 aromatic heterocycles. The molecule has 0 radical (unpaired) electrons. The second-order valence-corrected chi connectivity index (χ2v) is 6.42. The molecule has 0 bridgehead atoms. The van der Waals surface area contributed by atoms with Gasteiger partial charge >= 0.3 is 5.97 Å². The predicted molar refractivity (Wildman–Crippen MR) is 85.3 cm³/mol. The molecule has 1 aliphatic rings. The molecule has 0 saturated heterocycles. The smallest absolute Gasteiger partial charge is 0.326 e. The van der Waals surface area contributed by atoms with E-state index in [-0.39, 0.29) is 12.1 Å². The molecule has 1 rings (SSSR count). The molecule has 0 aliphatic heterocycles. The van der Waals surface area contributed by atoms with Crippen LogP contribution in [0.15, 0.2) is 0 Å². The largest absolute Gasteiger partial charge is 0.465 e. The van der Waals surface area contributed by atoms with Crippen LogP contribution in [0.2, 0.25) is 0 Å². The van der Waals surface area contributed by atoms with E-state index >= 15 is 0 Å². The highest BCUT2D eigenvalue weighted by molar-refractivity contribution is 5.81. The van der Waals surface area contributed by atoms with Gasteiger partial charge in [-0.15, -0.1) is 0 Å². The van der Waals surface area contributed by atoms with Crippen molar-refractivity contribution in [3.8, 4) is 0 Å². The van der Waals surface area contributed by atoms with E-state index in [0.29, 0.717) is 18.4 Å². The molecule has 1 fully saturated rings. The topological polar surface area (TPSA) is 47.6 Å². The Kier molecular flexibility index (Phi) is 7.67. The van der Waals surface area contributed by atoms with Gasteiger partial charge in [0.25, 0.3) is 0 Å². The van der Waals surface area contributed by atoms with E-state index in [1.165, 1.54) is 0 Å². The molecule has 4 heteroatoms. The van der Waals surface area contributed by atoms with Gasteiger partial charge in [0.2, 0.25) is 0 Å². The molecular weight excluding hydrogens is 266 g/mol. The fraction of sp³-hybridized carbons (Fsp3) is 0.941. The third-order valence-electron chi connectivity index (χ3n) is 4.74. The summed E-state index contributed by atoms with van der Waals surface area (Å²) in [5, 5.41) is 3.42. The van der Waals surface area contributed by atoms with E-state index in [1.54, 1.807) is 0 Å². The summed E-state index contributed by atoms with van der Waals surface area (Å²) in [6.45, 7) is 12.3. The monoisotopic (exact) mass is 299 g/mol. The van der Waals surface area contributed by atoms with Gasteiger partial charge in [0.1, 0.15) is 5.54 Å². The van der Waals surface area contributed by atoms with Gasteiger partial charge in [0.05, 0.1) is 12.7 Å². The van der Waals surface area contributed by atoms with Crippen LogP contribution in [0.25, 0.3) is 0 Å². The van der Waals surface area contributed by atoms with Crippen molar-refractivity contribution in [1.29, 1.82) is 0 Å². The van der Waals surface area contributed by atoms with Crippen molar-refractivity contribution in [2.45, 2.75) is 71.9 Å². The van der Waals surface area contributed by atoms with E-state index in [0.717, 1.165) is 38.8 Å². The van der Waals surface area contributed by atoms with Gasteiger partial charge in [0, 0.05) is 6.61 Å². The normalized spacial score (nSPS) is 27.0. The van der Waals surface area contributed by atoms with Gasteiger partial charge in [-0.05, 0) is 51.5 Å². The summed E-state index contributed by atoms with van der Waals surface area (Å²) in [7, 11) is 0. The minimum atomic E-state index is -0.491. The first-order chi connectivity index (χ1) is 9.97. The highest BCUT2D eigenvalue weighted by Crippen LogP contribution is 2.39. The van der Waals surface area contributed by atoms with E-state index in [2.05, 4.69) is 26.1 Å². The lowest BCUT2D eigenvalue weighted by molar-refractivity contribution is -0.153. The summed E-state index contributed by atoms with van der Waals surface area (Å²) in [6.07, 6.45) is 4.22. The number of esters is 1.